The van der Waals surface area contributed by atoms with E-state index in [0.717, 1.165) is 6.29 Å². The van der Waals surface area contributed by atoms with Crippen LogP contribution in [0.4, 0.5) is 4.79 Å². The Hall–Kier alpha value is -3.60. The molecule has 2 aliphatic rings. The van der Waals surface area contributed by atoms with Crippen LogP contribution in [0.15, 0.2) is 72.8 Å². The van der Waals surface area contributed by atoms with Crippen LogP contribution in [0.1, 0.15) is 40.2 Å². The number of para-hydroxylation sites is 1. The van der Waals surface area contributed by atoms with Gasteiger partial charge < -0.3 is 14.4 Å². The molecule has 0 unspecified atom stereocenters. The molecule has 0 N–H and O–H groups in total. The first-order chi connectivity index (χ1) is 15.7. The number of carbonyl (C=O) groups is 2. The minimum absolute atomic E-state index is 0.0197. The molecule has 0 aromatic heterocycles. The predicted molar refractivity (Wildman–Crippen MR) is 122 cm³/mol. The van der Waals surface area contributed by atoms with Crippen molar-refractivity contribution in [2.24, 2.45) is 0 Å². The van der Waals surface area contributed by atoms with Crippen molar-refractivity contribution in [3.05, 3.63) is 89.5 Å². The first-order valence-corrected chi connectivity index (χ1v) is 11.1. The molecule has 162 valence electrons. The van der Waals surface area contributed by atoms with Crippen molar-refractivity contribution in [2.75, 3.05) is 19.7 Å². The van der Waals surface area contributed by atoms with Gasteiger partial charge in [0, 0.05) is 31.8 Å². The number of rotatable bonds is 5. The Kier molecular flexibility index (Phi) is 5.63. The quantitative estimate of drug-likeness (QED) is 0.519. The lowest BCUT2D eigenvalue weighted by Crippen LogP contribution is -2.42. The van der Waals surface area contributed by atoms with Gasteiger partial charge in [-0.1, -0.05) is 60.7 Å². The molecule has 3 aromatic carbocycles. The van der Waals surface area contributed by atoms with Gasteiger partial charge in [-0.15, -0.1) is 0 Å². The zero-order chi connectivity index (χ0) is 21.9. The summed E-state index contributed by atoms with van der Waals surface area (Å²) in [5.41, 5.74) is 5.41. The van der Waals surface area contributed by atoms with Crippen molar-refractivity contribution in [1.29, 1.82) is 0 Å². The van der Waals surface area contributed by atoms with Gasteiger partial charge in [-0.05, 0) is 34.4 Å². The normalized spacial score (nSPS) is 15.7. The number of amides is 1. The number of fused-ring (bicyclic) bond motifs is 3. The summed E-state index contributed by atoms with van der Waals surface area (Å²) in [5.74, 6) is 0.661. The second kappa shape index (κ2) is 8.87. The van der Waals surface area contributed by atoms with E-state index in [-0.39, 0.29) is 18.1 Å². The summed E-state index contributed by atoms with van der Waals surface area (Å²) in [5, 5.41) is 0. The minimum atomic E-state index is -0.279. The highest BCUT2D eigenvalue weighted by Crippen LogP contribution is 2.44. The van der Waals surface area contributed by atoms with Crippen LogP contribution in [-0.2, 0) is 4.74 Å². The molecule has 5 nitrogen and oxygen atoms in total. The fourth-order valence-electron chi connectivity index (χ4n) is 4.71. The molecule has 1 amide bonds. The molecule has 3 aromatic rings. The van der Waals surface area contributed by atoms with Crippen LogP contribution in [0.3, 0.4) is 0 Å². The van der Waals surface area contributed by atoms with Gasteiger partial charge in [0.1, 0.15) is 18.5 Å². The SMILES string of the molecule is O=Cc1ccccc1OC1CCN(C(=O)OCC2c3ccccc3-c3ccccc32)CC1. The average Bonchev–Trinajstić information content (AvgIpc) is 3.17. The summed E-state index contributed by atoms with van der Waals surface area (Å²) in [6.07, 6.45) is 1.92. The molecule has 0 spiro atoms. The van der Waals surface area contributed by atoms with Gasteiger partial charge in [-0.3, -0.25) is 4.79 Å². The Bertz CT molecular complexity index is 1090. The maximum atomic E-state index is 12.8. The standard InChI is InChI=1S/C27H25NO4/c29-17-19-7-1-6-12-26(19)32-20-13-15-28(16-14-20)27(30)31-18-25-23-10-4-2-8-21(23)22-9-3-5-11-24(22)25/h1-12,17,20,25H,13-16,18H2. The lowest BCUT2D eigenvalue weighted by atomic mass is 9.98. The fraction of sp³-hybridized carbons (Fsp3) is 0.259. The molecule has 1 heterocycles. The summed E-state index contributed by atoms with van der Waals surface area (Å²) in [7, 11) is 0. The molecular formula is C27H25NO4. The van der Waals surface area contributed by atoms with Crippen LogP contribution in [0.2, 0.25) is 0 Å². The van der Waals surface area contributed by atoms with Crippen molar-refractivity contribution >= 4 is 12.4 Å². The minimum Gasteiger partial charge on any atom is -0.490 e. The van der Waals surface area contributed by atoms with E-state index in [1.54, 1.807) is 11.0 Å². The van der Waals surface area contributed by atoms with Crippen LogP contribution in [0.25, 0.3) is 11.1 Å². The van der Waals surface area contributed by atoms with E-state index in [0.29, 0.717) is 43.9 Å². The van der Waals surface area contributed by atoms with Gasteiger partial charge in [0.15, 0.2) is 6.29 Å². The van der Waals surface area contributed by atoms with E-state index in [1.165, 1.54) is 22.3 Å². The van der Waals surface area contributed by atoms with Crippen molar-refractivity contribution in [2.45, 2.75) is 24.9 Å². The maximum Gasteiger partial charge on any atom is 0.409 e. The first kappa shape index (κ1) is 20.3. The monoisotopic (exact) mass is 427 g/mol. The molecule has 5 rings (SSSR count). The third-order valence-electron chi connectivity index (χ3n) is 6.38. The van der Waals surface area contributed by atoms with Crippen LogP contribution in [-0.4, -0.2) is 43.1 Å². The van der Waals surface area contributed by atoms with E-state index in [4.69, 9.17) is 9.47 Å². The highest BCUT2D eigenvalue weighted by atomic mass is 16.6. The van der Waals surface area contributed by atoms with Crippen molar-refractivity contribution in [3.63, 3.8) is 0 Å². The van der Waals surface area contributed by atoms with E-state index in [2.05, 4.69) is 24.3 Å². The van der Waals surface area contributed by atoms with Crippen LogP contribution >= 0.6 is 0 Å². The lowest BCUT2D eigenvalue weighted by Gasteiger charge is -2.32. The molecule has 0 atom stereocenters. The number of carbonyl (C=O) groups excluding carboxylic acids is 2. The highest BCUT2D eigenvalue weighted by molar-refractivity contribution is 5.79. The maximum absolute atomic E-state index is 12.8. The molecule has 1 saturated heterocycles. The van der Waals surface area contributed by atoms with Crippen molar-refractivity contribution in [3.8, 4) is 16.9 Å². The predicted octanol–water partition coefficient (Wildman–Crippen LogP) is 5.29. The van der Waals surface area contributed by atoms with Gasteiger partial charge in [0.2, 0.25) is 0 Å². The summed E-state index contributed by atoms with van der Waals surface area (Å²) in [6.45, 7) is 1.48. The molecule has 0 radical (unpaired) electrons. The van der Waals surface area contributed by atoms with E-state index >= 15 is 0 Å². The van der Waals surface area contributed by atoms with Gasteiger partial charge in [0.25, 0.3) is 0 Å². The molecule has 0 saturated carbocycles. The van der Waals surface area contributed by atoms with Crippen molar-refractivity contribution in [1.82, 2.24) is 4.90 Å². The van der Waals surface area contributed by atoms with E-state index < -0.39 is 0 Å². The summed E-state index contributed by atoms with van der Waals surface area (Å²) >= 11 is 0. The van der Waals surface area contributed by atoms with Crippen LogP contribution < -0.4 is 4.74 Å². The lowest BCUT2D eigenvalue weighted by molar-refractivity contribution is 0.0660. The zero-order valence-corrected chi connectivity index (χ0v) is 17.8. The van der Waals surface area contributed by atoms with E-state index in [1.807, 2.05) is 42.5 Å². The highest BCUT2D eigenvalue weighted by Gasteiger charge is 2.31. The Labute approximate surface area is 187 Å². The smallest absolute Gasteiger partial charge is 0.409 e. The van der Waals surface area contributed by atoms with Crippen LogP contribution in [0.5, 0.6) is 5.75 Å². The molecule has 5 heteroatoms. The van der Waals surface area contributed by atoms with Gasteiger partial charge in [-0.2, -0.15) is 0 Å². The second-order valence-electron chi connectivity index (χ2n) is 8.26. The van der Waals surface area contributed by atoms with Gasteiger partial charge in [-0.25, -0.2) is 4.79 Å². The number of nitrogens with zero attached hydrogens (tertiary/aromatic N) is 1. The average molecular weight is 428 g/mol. The zero-order valence-electron chi connectivity index (χ0n) is 17.8. The number of likely N-dealkylation sites (tertiary alicyclic amines) is 1. The summed E-state index contributed by atoms with van der Waals surface area (Å²) in [6, 6.07) is 23.9. The number of hydrogen-bond acceptors (Lipinski definition) is 4. The Morgan fingerprint density at radius 2 is 1.47 bits per heavy atom. The fourth-order valence-corrected chi connectivity index (χ4v) is 4.71. The largest absolute Gasteiger partial charge is 0.490 e. The first-order valence-electron chi connectivity index (χ1n) is 11.1. The molecule has 1 aliphatic heterocycles. The third kappa shape index (κ3) is 3.86. The summed E-state index contributed by atoms with van der Waals surface area (Å²) in [4.78, 5) is 25.7. The number of ether oxygens (including phenoxy) is 2. The Morgan fingerprint density at radius 3 is 2.12 bits per heavy atom. The van der Waals surface area contributed by atoms with Gasteiger partial charge in [0.05, 0.1) is 5.56 Å². The van der Waals surface area contributed by atoms with Crippen molar-refractivity contribution < 1.29 is 19.1 Å². The number of piperidine rings is 1. The molecule has 0 bridgehead atoms. The number of hydrogen-bond donors (Lipinski definition) is 0. The molecule has 1 fully saturated rings. The summed E-state index contributed by atoms with van der Waals surface area (Å²) < 4.78 is 11.8. The number of aldehydes is 1. The molecule has 32 heavy (non-hydrogen) atoms. The second-order valence-corrected chi connectivity index (χ2v) is 8.26. The molecule has 1 aliphatic carbocycles. The van der Waals surface area contributed by atoms with Gasteiger partial charge >= 0.3 is 6.09 Å². The number of benzene rings is 3. The van der Waals surface area contributed by atoms with E-state index in [9.17, 15) is 9.59 Å². The molecular weight excluding hydrogens is 402 g/mol. The Balaban J connectivity index is 1.18. The Morgan fingerprint density at radius 1 is 0.875 bits per heavy atom. The van der Waals surface area contributed by atoms with Crippen LogP contribution in [0, 0.1) is 0 Å². The third-order valence-corrected chi connectivity index (χ3v) is 6.38. The topological polar surface area (TPSA) is 55.8 Å².